The number of rotatable bonds is 3. The van der Waals surface area contributed by atoms with Crippen molar-refractivity contribution in [2.45, 2.75) is 27.2 Å². The zero-order chi connectivity index (χ0) is 8.85. The van der Waals surface area contributed by atoms with E-state index in [1.807, 2.05) is 13.8 Å². The number of nitrogens with zero attached hydrogens (tertiary/aromatic N) is 1. The van der Waals surface area contributed by atoms with Crippen LogP contribution in [0.15, 0.2) is 0 Å². The molecule has 0 saturated carbocycles. The Hall–Kier alpha value is -0.950. The fourth-order valence-electron chi connectivity index (χ4n) is 1.36. The first-order valence-electron chi connectivity index (χ1n) is 4.03. The van der Waals surface area contributed by atoms with Crippen molar-refractivity contribution in [1.29, 1.82) is 5.26 Å². The standard InChI is InChI=1S/C10H15N/c1-5-8(3)10(6-2)9(4)7-11/h1,8-10H,6H2,2-4H3. The lowest BCUT2D eigenvalue weighted by Gasteiger charge is -2.19. The van der Waals surface area contributed by atoms with Gasteiger partial charge < -0.3 is 0 Å². The minimum Gasteiger partial charge on any atom is -0.198 e. The van der Waals surface area contributed by atoms with Gasteiger partial charge in [-0.05, 0) is 12.8 Å². The molecule has 0 rings (SSSR count). The highest BCUT2D eigenvalue weighted by molar-refractivity contribution is 4.98. The number of terminal acetylenes is 1. The predicted octanol–water partition coefficient (Wildman–Crippen LogP) is 2.44. The summed E-state index contributed by atoms with van der Waals surface area (Å²) in [7, 11) is 0. The second-order valence-electron chi connectivity index (χ2n) is 2.95. The van der Waals surface area contributed by atoms with Crippen LogP contribution in [-0.2, 0) is 0 Å². The Morgan fingerprint density at radius 3 is 2.18 bits per heavy atom. The van der Waals surface area contributed by atoms with Gasteiger partial charge >= 0.3 is 0 Å². The average Bonchev–Trinajstić information content (AvgIpc) is 2.05. The Balaban J connectivity index is 4.20. The largest absolute Gasteiger partial charge is 0.198 e. The molecule has 0 radical (unpaired) electrons. The minimum absolute atomic E-state index is 0.0750. The Labute approximate surface area is 69.4 Å². The van der Waals surface area contributed by atoms with Crippen LogP contribution in [0.2, 0.25) is 0 Å². The Bertz CT molecular complexity index is 162. The lowest BCUT2D eigenvalue weighted by atomic mass is 9.83. The molecule has 1 nitrogen and oxygen atoms in total. The van der Waals surface area contributed by atoms with Crippen molar-refractivity contribution in [1.82, 2.24) is 0 Å². The van der Waals surface area contributed by atoms with E-state index in [-0.39, 0.29) is 11.8 Å². The average molecular weight is 149 g/mol. The van der Waals surface area contributed by atoms with Gasteiger partial charge in [0.25, 0.3) is 0 Å². The summed E-state index contributed by atoms with van der Waals surface area (Å²) in [5.74, 6) is 3.32. The molecule has 0 aromatic rings. The molecule has 0 bridgehead atoms. The molecule has 3 unspecified atom stereocenters. The van der Waals surface area contributed by atoms with Crippen LogP contribution in [0, 0.1) is 41.4 Å². The lowest BCUT2D eigenvalue weighted by Crippen LogP contribution is -2.16. The summed E-state index contributed by atoms with van der Waals surface area (Å²) in [6, 6.07) is 2.24. The van der Waals surface area contributed by atoms with Crippen LogP contribution in [0.5, 0.6) is 0 Å². The van der Waals surface area contributed by atoms with Crippen molar-refractivity contribution in [2.75, 3.05) is 0 Å². The highest BCUT2D eigenvalue weighted by Gasteiger charge is 2.19. The molecule has 0 aliphatic heterocycles. The van der Waals surface area contributed by atoms with Crippen molar-refractivity contribution in [3.63, 3.8) is 0 Å². The first-order valence-corrected chi connectivity index (χ1v) is 4.03. The van der Waals surface area contributed by atoms with Gasteiger partial charge in [-0.2, -0.15) is 5.26 Å². The molecular weight excluding hydrogens is 134 g/mol. The van der Waals surface area contributed by atoms with Crippen LogP contribution in [0.3, 0.4) is 0 Å². The van der Waals surface area contributed by atoms with Crippen LogP contribution < -0.4 is 0 Å². The molecule has 60 valence electrons. The predicted molar refractivity (Wildman–Crippen MR) is 46.6 cm³/mol. The summed E-state index contributed by atoms with van der Waals surface area (Å²) in [6.07, 6.45) is 6.27. The van der Waals surface area contributed by atoms with Gasteiger partial charge in [-0.3, -0.25) is 0 Å². The van der Waals surface area contributed by atoms with Gasteiger partial charge in [0.15, 0.2) is 0 Å². The van der Waals surface area contributed by atoms with Crippen molar-refractivity contribution in [2.24, 2.45) is 17.8 Å². The number of hydrogen-bond donors (Lipinski definition) is 0. The van der Waals surface area contributed by atoms with Gasteiger partial charge in [-0.15, -0.1) is 12.3 Å². The molecule has 3 atom stereocenters. The maximum absolute atomic E-state index is 8.66. The Kier molecular flexibility index (Phi) is 4.39. The van der Waals surface area contributed by atoms with Crippen molar-refractivity contribution < 1.29 is 0 Å². The maximum atomic E-state index is 8.66. The summed E-state index contributed by atoms with van der Waals surface area (Å²) in [5, 5.41) is 8.66. The third kappa shape index (κ3) is 2.64. The molecule has 0 aromatic heterocycles. The van der Waals surface area contributed by atoms with Crippen LogP contribution in [0.1, 0.15) is 27.2 Å². The topological polar surface area (TPSA) is 23.8 Å². The van der Waals surface area contributed by atoms with Gasteiger partial charge in [-0.1, -0.05) is 20.3 Å². The summed E-state index contributed by atoms with van der Waals surface area (Å²) in [6.45, 7) is 6.01. The quantitative estimate of drug-likeness (QED) is 0.565. The summed E-state index contributed by atoms with van der Waals surface area (Å²) in [4.78, 5) is 0. The third-order valence-corrected chi connectivity index (χ3v) is 2.22. The monoisotopic (exact) mass is 149 g/mol. The fraction of sp³-hybridized carbons (Fsp3) is 0.700. The van der Waals surface area contributed by atoms with Gasteiger partial charge in [0.2, 0.25) is 0 Å². The van der Waals surface area contributed by atoms with E-state index in [1.54, 1.807) is 0 Å². The molecule has 0 spiro atoms. The first kappa shape index (κ1) is 10.0. The zero-order valence-electron chi connectivity index (χ0n) is 7.46. The minimum atomic E-state index is 0.0750. The Morgan fingerprint density at radius 1 is 1.36 bits per heavy atom. The van der Waals surface area contributed by atoms with E-state index in [0.717, 1.165) is 6.42 Å². The molecule has 11 heavy (non-hydrogen) atoms. The maximum Gasteiger partial charge on any atom is 0.0656 e. The second-order valence-corrected chi connectivity index (χ2v) is 2.95. The molecule has 0 amide bonds. The molecule has 0 aromatic carbocycles. The normalized spacial score (nSPS) is 17.5. The molecule has 0 N–H and O–H groups in total. The molecule has 0 aliphatic carbocycles. The van der Waals surface area contributed by atoms with Gasteiger partial charge in [0.05, 0.1) is 6.07 Å². The molecule has 0 saturated heterocycles. The van der Waals surface area contributed by atoms with Gasteiger partial charge in [-0.25, -0.2) is 0 Å². The van der Waals surface area contributed by atoms with E-state index in [1.165, 1.54) is 0 Å². The highest BCUT2D eigenvalue weighted by atomic mass is 14.3. The van der Waals surface area contributed by atoms with E-state index >= 15 is 0 Å². The van der Waals surface area contributed by atoms with Crippen molar-refractivity contribution in [3.05, 3.63) is 0 Å². The summed E-state index contributed by atoms with van der Waals surface area (Å²) >= 11 is 0. The second kappa shape index (κ2) is 4.80. The summed E-state index contributed by atoms with van der Waals surface area (Å²) < 4.78 is 0. The Morgan fingerprint density at radius 2 is 1.91 bits per heavy atom. The summed E-state index contributed by atoms with van der Waals surface area (Å²) in [5.41, 5.74) is 0. The third-order valence-electron chi connectivity index (χ3n) is 2.22. The number of hydrogen-bond acceptors (Lipinski definition) is 1. The molecule has 0 aliphatic rings. The molecule has 1 heteroatoms. The van der Waals surface area contributed by atoms with E-state index in [0.29, 0.717) is 5.92 Å². The molecular formula is C10H15N. The SMILES string of the molecule is C#CC(C)C(CC)C(C)C#N. The highest BCUT2D eigenvalue weighted by Crippen LogP contribution is 2.23. The van der Waals surface area contributed by atoms with E-state index in [9.17, 15) is 0 Å². The van der Waals surface area contributed by atoms with Gasteiger partial charge in [0.1, 0.15) is 0 Å². The smallest absolute Gasteiger partial charge is 0.0656 e. The van der Waals surface area contributed by atoms with Crippen LogP contribution >= 0.6 is 0 Å². The fourth-order valence-corrected chi connectivity index (χ4v) is 1.36. The van der Waals surface area contributed by atoms with E-state index < -0.39 is 0 Å². The van der Waals surface area contributed by atoms with Gasteiger partial charge in [0, 0.05) is 11.8 Å². The number of nitriles is 1. The van der Waals surface area contributed by atoms with Crippen LogP contribution in [0.4, 0.5) is 0 Å². The lowest BCUT2D eigenvalue weighted by molar-refractivity contribution is 0.343. The van der Waals surface area contributed by atoms with E-state index in [4.69, 9.17) is 11.7 Å². The first-order chi connectivity index (χ1) is 5.17. The van der Waals surface area contributed by atoms with Crippen molar-refractivity contribution in [3.8, 4) is 18.4 Å². The van der Waals surface area contributed by atoms with Crippen LogP contribution in [-0.4, -0.2) is 0 Å². The van der Waals surface area contributed by atoms with Crippen LogP contribution in [0.25, 0.3) is 0 Å². The van der Waals surface area contributed by atoms with Crippen molar-refractivity contribution >= 4 is 0 Å². The van der Waals surface area contributed by atoms with E-state index in [2.05, 4.69) is 18.9 Å². The molecule has 0 heterocycles. The molecule has 0 fully saturated rings. The zero-order valence-corrected chi connectivity index (χ0v) is 7.46.